The van der Waals surface area contributed by atoms with E-state index in [0.717, 1.165) is 10.5 Å². The second kappa shape index (κ2) is 8.74. The second-order valence-electron chi connectivity index (χ2n) is 5.15. The van der Waals surface area contributed by atoms with Crippen molar-refractivity contribution in [1.82, 2.24) is 0 Å². The summed E-state index contributed by atoms with van der Waals surface area (Å²) in [4.78, 5) is 24.9. The summed E-state index contributed by atoms with van der Waals surface area (Å²) in [6, 6.07) is 11.4. The molecule has 136 valence electrons. The Hall–Kier alpha value is -2.77. The van der Waals surface area contributed by atoms with Gasteiger partial charge in [0, 0.05) is 0 Å². The van der Waals surface area contributed by atoms with Crippen molar-refractivity contribution in [2.24, 2.45) is 5.10 Å². The Labute approximate surface area is 165 Å². The van der Waals surface area contributed by atoms with Crippen molar-refractivity contribution >= 4 is 57.9 Å². The number of nitro benzene ring substituents is 2. The normalized spacial score (nSPS) is 11.6. The Morgan fingerprint density at radius 2 is 1.81 bits per heavy atom. The molecule has 0 amide bonds. The van der Waals surface area contributed by atoms with Gasteiger partial charge in [0.2, 0.25) is 0 Å². The van der Waals surface area contributed by atoms with Gasteiger partial charge in [-0.15, -0.1) is 0 Å². The molecule has 0 saturated heterocycles. The van der Waals surface area contributed by atoms with Crippen LogP contribution in [-0.4, -0.2) is 44.6 Å². The predicted molar refractivity (Wildman–Crippen MR) is 106 cm³/mol. The van der Waals surface area contributed by atoms with Crippen LogP contribution in [0.25, 0.3) is 6.08 Å². The first-order chi connectivity index (χ1) is 13.0. The number of nitrogens with zero attached hydrogens (tertiary/aromatic N) is 3. The van der Waals surface area contributed by atoms with E-state index in [1.165, 1.54) is 16.6 Å². The van der Waals surface area contributed by atoms with Gasteiger partial charge in [0.1, 0.15) is 0 Å². The van der Waals surface area contributed by atoms with Crippen LogP contribution in [0, 0.1) is 20.2 Å². The van der Waals surface area contributed by atoms with Crippen LogP contribution in [0.15, 0.2) is 63.5 Å². The van der Waals surface area contributed by atoms with Gasteiger partial charge >= 0.3 is 166 Å². The van der Waals surface area contributed by atoms with Crippen LogP contribution in [-0.2, 0) is 0 Å². The van der Waals surface area contributed by atoms with E-state index >= 15 is 0 Å². The van der Waals surface area contributed by atoms with Crippen LogP contribution in [0.2, 0.25) is 0 Å². The number of allylic oxidation sites excluding steroid dienone is 1. The summed E-state index contributed by atoms with van der Waals surface area (Å²) in [6.45, 7) is 0. The van der Waals surface area contributed by atoms with E-state index in [0.29, 0.717) is 20.2 Å². The standard InChI is InChI=1S/C17H12N4O4Se2/c22-20(23)12-5-7-14(16(11-12)21(24)25)18-19-15(17-4-2-10-27-17)8-6-13-3-1-9-26-13/h1-11,18H/b8-6-,19-15-. The Kier molecular flexibility index (Phi) is 6.15. The first-order valence-corrected chi connectivity index (χ1v) is 11.3. The summed E-state index contributed by atoms with van der Waals surface area (Å²) in [5.74, 6) is 0. The number of rotatable bonds is 7. The molecule has 0 aliphatic carbocycles. The summed E-state index contributed by atoms with van der Waals surface area (Å²) in [5, 5.41) is 26.4. The Bertz CT molecular complexity index is 1010. The monoisotopic (exact) mass is 496 g/mol. The molecule has 0 spiro atoms. The van der Waals surface area contributed by atoms with E-state index in [4.69, 9.17) is 0 Å². The van der Waals surface area contributed by atoms with E-state index < -0.39 is 15.5 Å². The fraction of sp³-hybridized carbons (Fsp3) is 0. The van der Waals surface area contributed by atoms with Crippen LogP contribution in [0.4, 0.5) is 17.1 Å². The van der Waals surface area contributed by atoms with Crippen LogP contribution < -0.4 is 5.43 Å². The molecular formula is C17H12N4O4Se2. The molecule has 0 aliphatic rings. The molecule has 27 heavy (non-hydrogen) atoms. The molecule has 2 heterocycles. The number of benzene rings is 1. The Morgan fingerprint density at radius 1 is 1.04 bits per heavy atom. The van der Waals surface area contributed by atoms with E-state index in [-0.39, 0.29) is 25.9 Å². The summed E-state index contributed by atoms with van der Waals surface area (Å²) in [5.41, 5.74) is 2.73. The first kappa shape index (κ1) is 19.0. The molecule has 10 heteroatoms. The molecule has 1 aromatic carbocycles. The third-order valence-electron chi connectivity index (χ3n) is 3.41. The zero-order valence-corrected chi connectivity index (χ0v) is 17.1. The summed E-state index contributed by atoms with van der Waals surface area (Å²) >= 11 is 0.444. The third kappa shape index (κ3) is 4.90. The molecule has 0 fully saturated rings. The Morgan fingerprint density at radius 3 is 2.44 bits per heavy atom. The molecule has 0 atom stereocenters. The van der Waals surface area contributed by atoms with Gasteiger partial charge < -0.3 is 0 Å². The fourth-order valence-corrected chi connectivity index (χ4v) is 4.90. The average Bonchev–Trinajstić information content (AvgIpc) is 3.35. The number of anilines is 1. The number of non-ortho nitro benzene ring substituents is 1. The number of hydrogen-bond donors (Lipinski definition) is 1. The Balaban J connectivity index is 1.92. The summed E-state index contributed by atoms with van der Waals surface area (Å²) in [6.07, 6.45) is 3.87. The molecule has 3 rings (SSSR count). The van der Waals surface area contributed by atoms with E-state index in [9.17, 15) is 20.2 Å². The van der Waals surface area contributed by atoms with Crippen LogP contribution in [0.5, 0.6) is 0 Å². The summed E-state index contributed by atoms with van der Waals surface area (Å²) < 4.78 is 2.24. The van der Waals surface area contributed by atoms with Crippen molar-refractivity contribution in [1.29, 1.82) is 0 Å². The summed E-state index contributed by atoms with van der Waals surface area (Å²) in [7, 11) is 0. The van der Waals surface area contributed by atoms with Crippen molar-refractivity contribution in [3.05, 3.63) is 87.5 Å². The van der Waals surface area contributed by atoms with Crippen molar-refractivity contribution in [3.8, 4) is 0 Å². The number of hydrogen-bond acceptors (Lipinski definition) is 6. The minimum absolute atomic E-state index is 0.0986. The van der Waals surface area contributed by atoms with Crippen LogP contribution >= 0.6 is 0 Å². The average molecular weight is 494 g/mol. The molecule has 2 aromatic heterocycles. The molecule has 0 unspecified atom stereocenters. The topological polar surface area (TPSA) is 111 Å². The van der Waals surface area contributed by atoms with Crippen molar-refractivity contribution in [3.63, 3.8) is 0 Å². The van der Waals surface area contributed by atoms with E-state index in [2.05, 4.69) is 20.4 Å². The molecule has 8 nitrogen and oxygen atoms in total. The van der Waals surface area contributed by atoms with Gasteiger partial charge in [0.15, 0.2) is 0 Å². The second-order valence-corrected chi connectivity index (χ2v) is 9.19. The van der Waals surface area contributed by atoms with Crippen molar-refractivity contribution < 1.29 is 9.85 Å². The van der Waals surface area contributed by atoms with Gasteiger partial charge in [-0.1, -0.05) is 0 Å². The molecule has 0 aliphatic heterocycles. The zero-order chi connectivity index (χ0) is 19.2. The number of nitrogens with one attached hydrogen (secondary N) is 1. The van der Waals surface area contributed by atoms with Crippen LogP contribution in [0.1, 0.15) is 8.87 Å². The number of nitro groups is 2. The molecule has 0 bridgehead atoms. The van der Waals surface area contributed by atoms with Gasteiger partial charge in [-0.25, -0.2) is 0 Å². The van der Waals surface area contributed by atoms with E-state index in [1.54, 1.807) is 0 Å². The number of hydrazone groups is 1. The third-order valence-corrected chi connectivity index (χ3v) is 7.04. The maximum absolute atomic E-state index is 11.2. The van der Waals surface area contributed by atoms with Crippen LogP contribution in [0.3, 0.4) is 0 Å². The van der Waals surface area contributed by atoms with Crippen molar-refractivity contribution in [2.45, 2.75) is 0 Å². The zero-order valence-electron chi connectivity index (χ0n) is 13.6. The first-order valence-electron chi connectivity index (χ1n) is 7.56. The molecule has 0 saturated carbocycles. The quantitative estimate of drug-likeness (QED) is 0.235. The molecular weight excluding hydrogens is 482 g/mol. The molecule has 1 N–H and O–H groups in total. The van der Waals surface area contributed by atoms with Crippen molar-refractivity contribution in [2.75, 3.05) is 5.43 Å². The van der Waals surface area contributed by atoms with Gasteiger partial charge in [0.25, 0.3) is 0 Å². The fourth-order valence-electron chi connectivity index (χ4n) is 2.15. The van der Waals surface area contributed by atoms with E-state index in [1.807, 2.05) is 36.4 Å². The minimum atomic E-state index is -0.670. The predicted octanol–water partition coefficient (Wildman–Crippen LogP) is 3.15. The van der Waals surface area contributed by atoms with Gasteiger partial charge in [-0.2, -0.15) is 0 Å². The SMILES string of the molecule is O=[N+]([O-])c1ccc(N/N=C(/C=C\c2ccc[se]2)c2ccc[se]2)c([N+](=O)[O-])c1. The molecule has 3 aromatic rings. The molecule has 0 radical (unpaired) electrons. The van der Waals surface area contributed by atoms with Gasteiger partial charge in [-0.3, -0.25) is 0 Å². The van der Waals surface area contributed by atoms with Gasteiger partial charge in [0.05, 0.1) is 0 Å². The maximum atomic E-state index is 11.2. The van der Waals surface area contributed by atoms with Gasteiger partial charge in [-0.05, 0) is 0 Å².